The Morgan fingerprint density at radius 2 is 1.69 bits per heavy atom. The van der Waals surface area contributed by atoms with E-state index in [0.29, 0.717) is 18.2 Å². The first-order valence-corrected chi connectivity index (χ1v) is 9.81. The SMILES string of the molecule is CCCCOc1cnc(C#Cc2ccc(C3CCC(C)CC3)cc2)nc1. The van der Waals surface area contributed by atoms with Crippen LogP contribution >= 0.6 is 0 Å². The van der Waals surface area contributed by atoms with Crippen LogP contribution in [0.2, 0.25) is 0 Å². The van der Waals surface area contributed by atoms with Gasteiger partial charge in [0.05, 0.1) is 19.0 Å². The van der Waals surface area contributed by atoms with Crippen LogP contribution in [0.15, 0.2) is 36.7 Å². The summed E-state index contributed by atoms with van der Waals surface area (Å²) in [5, 5.41) is 0. The van der Waals surface area contributed by atoms with Crippen LogP contribution < -0.4 is 4.74 Å². The average Bonchev–Trinajstić information content (AvgIpc) is 2.69. The maximum atomic E-state index is 5.57. The van der Waals surface area contributed by atoms with Crippen molar-refractivity contribution in [2.45, 2.75) is 58.3 Å². The molecule has 1 heterocycles. The monoisotopic (exact) mass is 348 g/mol. The molecule has 3 nitrogen and oxygen atoms in total. The fourth-order valence-corrected chi connectivity index (χ4v) is 3.35. The molecule has 3 rings (SSSR count). The van der Waals surface area contributed by atoms with Crippen LogP contribution in [-0.4, -0.2) is 16.6 Å². The molecule has 1 aliphatic rings. The van der Waals surface area contributed by atoms with Gasteiger partial charge in [0.25, 0.3) is 0 Å². The van der Waals surface area contributed by atoms with E-state index in [9.17, 15) is 0 Å². The van der Waals surface area contributed by atoms with Crippen molar-refractivity contribution in [2.75, 3.05) is 6.61 Å². The Morgan fingerprint density at radius 1 is 1.00 bits per heavy atom. The first-order valence-electron chi connectivity index (χ1n) is 9.81. The van der Waals surface area contributed by atoms with Crippen LogP contribution in [0.4, 0.5) is 0 Å². The molecule has 1 aromatic heterocycles. The van der Waals surface area contributed by atoms with E-state index in [0.717, 1.165) is 30.2 Å². The second-order valence-corrected chi connectivity index (χ2v) is 7.27. The maximum Gasteiger partial charge on any atom is 0.205 e. The molecule has 3 heteroatoms. The van der Waals surface area contributed by atoms with Gasteiger partial charge in [-0.1, -0.05) is 51.2 Å². The number of hydrogen-bond acceptors (Lipinski definition) is 3. The number of unbranched alkanes of at least 4 members (excludes halogenated alkanes) is 1. The second kappa shape index (κ2) is 9.38. The molecule has 0 bridgehead atoms. The van der Waals surface area contributed by atoms with Crippen molar-refractivity contribution in [3.8, 4) is 17.6 Å². The zero-order valence-corrected chi connectivity index (χ0v) is 15.9. The van der Waals surface area contributed by atoms with Gasteiger partial charge < -0.3 is 4.74 Å². The van der Waals surface area contributed by atoms with E-state index in [-0.39, 0.29) is 0 Å². The number of benzene rings is 1. The summed E-state index contributed by atoms with van der Waals surface area (Å²) in [7, 11) is 0. The molecule has 0 amide bonds. The summed E-state index contributed by atoms with van der Waals surface area (Å²) in [4.78, 5) is 8.52. The van der Waals surface area contributed by atoms with Gasteiger partial charge in [0, 0.05) is 5.56 Å². The van der Waals surface area contributed by atoms with Gasteiger partial charge in [-0.15, -0.1) is 0 Å². The lowest BCUT2D eigenvalue weighted by atomic mass is 9.79. The Labute approximate surface area is 157 Å². The van der Waals surface area contributed by atoms with Gasteiger partial charge in [-0.2, -0.15) is 0 Å². The third-order valence-electron chi connectivity index (χ3n) is 5.11. The minimum atomic E-state index is 0.526. The van der Waals surface area contributed by atoms with Crippen LogP contribution in [0.5, 0.6) is 5.75 Å². The molecule has 0 atom stereocenters. The van der Waals surface area contributed by atoms with Gasteiger partial charge in [0.15, 0.2) is 5.75 Å². The molecule has 0 unspecified atom stereocenters. The number of aromatic nitrogens is 2. The van der Waals surface area contributed by atoms with Gasteiger partial charge in [0.2, 0.25) is 5.82 Å². The Hall–Kier alpha value is -2.34. The van der Waals surface area contributed by atoms with E-state index in [2.05, 4.69) is 59.9 Å². The third kappa shape index (κ3) is 5.33. The van der Waals surface area contributed by atoms with Crippen molar-refractivity contribution in [2.24, 2.45) is 5.92 Å². The van der Waals surface area contributed by atoms with Crippen molar-refractivity contribution in [1.29, 1.82) is 0 Å². The second-order valence-electron chi connectivity index (χ2n) is 7.27. The lowest BCUT2D eigenvalue weighted by molar-refractivity contribution is 0.307. The van der Waals surface area contributed by atoms with Crippen LogP contribution in [0.3, 0.4) is 0 Å². The van der Waals surface area contributed by atoms with Gasteiger partial charge in [-0.05, 0) is 54.7 Å². The van der Waals surface area contributed by atoms with Gasteiger partial charge in [-0.3, -0.25) is 0 Å². The third-order valence-corrected chi connectivity index (χ3v) is 5.11. The fraction of sp³-hybridized carbons (Fsp3) is 0.478. The predicted molar refractivity (Wildman–Crippen MR) is 105 cm³/mol. The molecule has 136 valence electrons. The highest BCUT2D eigenvalue weighted by molar-refractivity contribution is 5.40. The Morgan fingerprint density at radius 3 is 2.35 bits per heavy atom. The Kier molecular flexibility index (Phi) is 6.66. The number of hydrogen-bond donors (Lipinski definition) is 0. The van der Waals surface area contributed by atoms with E-state index in [1.165, 1.54) is 31.2 Å². The van der Waals surface area contributed by atoms with E-state index >= 15 is 0 Å². The normalized spacial score (nSPS) is 19.5. The predicted octanol–water partition coefficient (Wildman–Crippen LogP) is 5.35. The molecule has 0 radical (unpaired) electrons. The minimum Gasteiger partial charge on any atom is -0.490 e. The molecule has 0 spiro atoms. The van der Waals surface area contributed by atoms with Crippen LogP contribution in [0.1, 0.15) is 75.2 Å². The topological polar surface area (TPSA) is 35.0 Å². The smallest absolute Gasteiger partial charge is 0.205 e. The largest absolute Gasteiger partial charge is 0.490 e. The Balaban J connectivity index is 1.57. The van der Waals surface area contributed by atoms with E-state index in [1.807, 2.05) is 0 Å². The van der Waals surface area contributed by atoms with Crippen molar-refractivity contribution in [1.82, 2.24) is 9.97 Å². The minimum absolute atomic E-state index is 0.526. The zero-order chi connectivity index (χ0) is 18.2. The molecular weight excluding hydrogens is 320 g/mol. The quantitative estimate of drug-likeness (QED) is 0.540. The van der Waals surface area contributed by atoms with Crippen LogP contribution in [0, 0.1) is 17.8 Å². The standard InChI is InChI=1S/C23H28N2O/c1-3-4-15-26-22-16-24-23(25-17-22)14-9-19-7-12-21(13-8-19)20-10-5-18(2)6-11-20/h7-8,12-13,16-18,20H,3-6,10-11,15H2,1-2H3. The van der Waals surface area contributed by atoms with Crippen molar-refractivity contribution < 1.29 is 4.74 Å². The summed E-state index contributed by atoms with van der Waals surface area (Å²) >= 11 is 0. The van der Waals surface area contributed by atoms with Crippen molar-refractivity contribution in [3.63, 3.8) is 0 Å². The maximum absolute atomic E-state index is 5.57. The van der Waals surface area contributed by atoms with Gasteiger partial charge in [0.1, 0.15) is 0 Å². The summed E-state index contributed by atoms with van der Waals surface area (Å²) in [5.41, 5.74) is 2.46. The molecule has 1 aliphatic carbocycles. The van der Waals surface area contributed by atoms with E-state index in [1.54, 1.807) is 12.4 Å². The van der Waals surface area contributed by atoms with Crippen LogP contribution in [0.25, 0.3) is 0 Å². The molecular formula is C23H28N2O. The summed E-state index contributed by atoms with van der Waals surface area (Å²) in [6, 6.07) is 8.69. The zero-order valence-electron chi connectivity index (χ0n) is 15.9. The average molecular weight is 348 g/mol. The lowest BCUT2D eigenvalue weighted by Gasteiger charge is -2.26. The summed E-state index contributed by atoms with van der Waals surface area (Å²) in [5.74, 6) is 9.02. The molecule has 1 saturated carbocycles. The number of nitrogens with zero attached hydrogens (tertiary/aromatic N) is 2. The van der Waals surface area contributed by atoms with E-state index < -0.39 is 0 Å². The first-order chi connectivity index (χ1) is 12.7. The van der Waals surface area contributed by atoms with Crippen molar-refractivity contribution in [3.05, 3.63) is 53.6 Å². The highest BCUT2D eigenvalue weighted by atomic mass is 16.5. The molecule has 0 saturated heterocycles. The molecule has 26 heavy (non-hydrogen) atoms. The fourth-order valence-electron chi connectivity index (χ4n) is 3.35. The first kappa shape index (κ1) is 18.5. The van der Waals surface area contributed by atoms with Crippen molar-refractivity contribution >= 4 is 0 Å². The number of rotatable bonds is 5. The molecule has 0 N–H and O–H groups in total. The molecule has 2 aromatic rings. The summed E-state index contributed by atoms with van der Waals surface area (Å²) < 4.78 is 5.57. The van der Waals surface area contributed by atoms with Gasteiger partial charge >= 0.3 is 0 Å². The number of ether oxygens (including phenoxy) is 1. The highest BCUT2D eigenvalue weighted by Crippen LogP contribution is 2.35. The molecule has 0 aliphatic heterocycles. The molecule has 1 aromatic carbocycles. The van der Waals surface area contributed by atoms with E-state index in [4.69, 9.17) is 4.74 Å². The molecule has 1 fully saturated rings. The highest BCUT2D eigenvalue weighted by Gasteiger charge is 2.19. The summed E-state index contributed by atoms with van der Waals surface area (Å²) in [6.45, 7) is 5.21. The summed E-state index contributed by atoms with van der Waals surface area (Å²) in [6.07, 6.45) is 10.9. The van der Waals surface area contributed by atoms with Gasteiger partial charge in [-0.25, -0.2) is 9.97 Å². The van der Waals surface area contributed by atoms with Crippen LogP contribution in [-0.2, 0) is 0 Å². The lowest BCUT2D eigenvalue weighted by Crippen LogP contribution is -2.10. The Bertz CT molecular complexity index is 733.